The van der Waals surface area contributed by atoms with Crippen LogP contribution in [0.15, 0.2) is 77.9 Å². The Morgan fingerprint density at radius 1 is 1.06 bits per heavy atom. The zero-order chi connectivity index (χ0) is 21.8. The highest BCUT2D eigenvalue weighted by atomic mass is 32.1. The SMILES string of the molecule is Cc1cc(C)c2cc(CN(Cc3cccnc3)C(=S)Nc3ccccc3)c(=O)[nH]c2c1. The number of fused-ring (bicyclic) bond motifs is 1. The Bertz CT molecular complexity index is 1270. The number of aromatic amines is 1. The molecule has 0 saturated heterocycles. The van der Waals surface area contributed by atoms with Gasteiger partial charge in [-0.3, -0.25) is 9.78 Å². The molecule has 2 heterocycles. The molecule has 5 nitrogen and oxygen atoms in total. The minimum atomic E-state index is -0.101. The smallest absolute Gasteiger partial charge is 0.253 e. The lowest BCUT2D eigenvalue weighted by atomic mass is 10.0. The Labute approximate surface area is 186 Å². The number of thiocarbonyl (C=S) groups is 1. The summed E-state index contributed by atoms with van der Waals surface area (Å²) in [7, 11) is 0. The molecular weight excluding hydrogens is 404 g/mol. The standard InChI is InChI=1S/C25H24N4OS/c1-17-11-18(2)22-13-20(24(30)28-23(22)12-17)16-29(15-19-7-6-10-26-14-19)25(31)27-21-8-4-3-5-9-21/h3-14H,15-16H2,1-2H3,(H,27,31)(H,28,30). The Morgan fingerprint density at radius 2 is 1.87 bits per heavy atom. The number of aryl methyl sites for hydroxylation is 2. The number of aromatic nitrogens is 2. The zero-order valence-electron chi connectivity index (χ0n) is 17.6. The van der Waals surface area contributed by atoms with Gasteiger partial charge in [0.05, 0.1) is 6.54 Å². The van der Waals surface area contributed by atoms with Crippen LogP contribution < -0.4 is 10.9 Å². The molecule has 0 aliphatic carbocycles. The quantitative estimate of drug-likeness (QED) is 0.441. The fourth-order valence-corrected chi connectivity index (χ4v) is 3.92. The van der Waals surface area contributed by atoms with E-state index in [1.807, 2.05) is 72.6 Å². The fraction of sp³-hybridized carbons (Fsp3) is 0.160. The maximum absolute atomic E-state index is 12.9. The predicted octanol–water partition coefficient (Wildman–Crippen LogP) is 4.94. The molecule has 0 unspecified atom stereocenters. The van der Waals surface area contributed by atoms with Crippen molar-refractivity contribution >= 4 is 33.9 Å². The number of para-hydroxylation sites is 1. The number of nitrogens with one attached hydrogen (secondary N) is 2. The molecule has 2 aromatic carbocycles. The summed E-state index contributed by atoms with van der Waals surface area (Å²) in [6.45, 7) is 5.01. The second-order valence-corrected chi connectivity index (χ2v) is 8.07. The van der Waals surface area contributed by atoms with Crippen LogP contribution in [0.1, 0.15) is 22.3 Å². The lowest BCUT2D eigenvalue weighted by molar-refractivity contribution is 0.410. The van der Waals surface area contributed by atoms with E-state index in [4.69, 9.17) is 12.2 Å². The highest BCUT2D eigenvalue weighted by Crippen LogP contribution is 2.20. The molecule has 156 valence electrons. The first kappa shape index (κ1) is 20.8. The fourth-order valence-electron chi connectivity index (χ4n) is 3.67. The number of hydrogen-bond donors (Lipinski definition) is 2. The molecule has 4 rings (SSSR count). The van der Waals surface area contributed by atoms with Gasteiger partial charge in [0.25, 0.3) is 5.56 Å². The van der Waals surface area contributed by atoms with E-state index >= 15 is 0 Å². The van der Waals surface area contributed by atoms with Gasteiger partial charge in [-0.1, -0.05) is 30.3 Å². The van der Waals surface area contributed by atoms with Crippen LogP contribution in [0.4, 0.5) is 5.69 Å². The molecule has 0 bridgehead atoms. The number of benzene rings is 2. The maximum atomic E-state index is 12.9. The van der Waals surface area contributed by atoms with Gasteiger partial charge in [-0.05, 0) is 73.1 Å². The van der Waals surface area contributed by atoms with Gasteiger partial charge in [-0.15, -0.1) is 0 Å². The monoisotopic (exact) mass is 428 g/mol. The maximum Gasteiger partial charge on any atom is 0.253 e. The van der Waals surface area contributed by atoms with Gasteiger partial charge < -0.3 is 15.2 Å². The van der Waals surface area contributed by atoms with E-state index in [-0.39, 0.29) is 5.56 Å². The van der Waals surface area contributed by atoms with Gasteiger partial charge in [0.15, 0.2) is 5.11 Å². The number of rotatable bonds is 5. The normalized spacial score (nSPS) is 10.8. The van der Waals surface area contributed by atoms with E-state index in [1.54, 1.807) is 6.20 Å². The molecule has 0 saturated carbocycles. The number of anilines is 1. The molecule has 0 radical (unpaired) electrons. The summed E-state index contributed by atoms with van der Waals surface area (Å²) in [6.07, 6.45) is 3.56. The van der Waals surface area contributed by atoms with Crippen molar-refractivity contribution in [2.75, 3.05) is 5.32 Å². The van der Waals surface area contributed by atoms with Gasteiger partial charge in [-0.25, -0.2) is 0 Å². The molecule has 6 heteroatoms. The third kappa shape index (κ3) is 4.98. The van der Waals surface area contributed by atoms with E-state index in [0.717, 1.165) is 33.3 Å². The van der Waals surface area contributed by atoms with Crippen LogP contribution in [0, 0.1) is 13.8 Å². The van der Waals surface area contributed by atoms with E-state index in [1.165, 1.54) is 0 Å². The molecule has 0 amide bonds. The van der Waals surface area contributed by atoms with Crippen LogP contribution in [0.2, 0.25) is 0 Å². The van der Waals surface area contributed by atoms with Crippen molar-refractivity contribution < 1.29 is 0 Å². The van der Waals surface area contributed by atoms with Crippen molar-refractivity contribution in [3.8, 4) is 0 Å². The molecule has 0 aliphatic heterocycles. The highest BCUT2D eigenvalue weighted by molar-refractivity contribution is 7.80. The van der Waals surface area contributed by atoms with Gasteiger partial charge in [0.2, 0.25) is 0 Å². The second-order valence-electron chi connectivity index (χ2n) is 7.68. The second kappa shape index (κ2) is 9.10. The molecular formula is C25H24N4OS. The number of nitrogens with zero attached hydrogens (tertiary/aromatic N) is 2. The molecule has 2 N–H and O–H groups in total. The van der Waals surface area contributed by atoms with E-state index < -0.39 is 0 Å². The Balaban J connectivity index is 1.67. The number of hydrogen-bond acceptors (Lipinski definition) is 3. The van der Waals surface area contributed by atoms with Crippen molar-refractivity contribution in [1.29, 1.82) is 0 Å². The minimum absolute atomic E-state index is 0.101. The summed E-state index contributed by atoms with van der Waals surface area (Å²) >= 11 is 5.72. The average Bonchev–Trinajstić information content (AvgIpc) is 2.75. The van der Waals surface area contributed by atoms with Crippen LogP contribution in [0.3, 0.4) is 0 Å². The van der Waals surface area contributed by atoms with E-state index in [0.29, 0.717) is 23.8 Å². The van der Waals surface area contributed by atoms with Gasteiger partial charge in [-0.2, -0.15) is 0 Å². The first-order valence-electron chi connectivity index (χ1n) is 10.1. The molecule has 31 heavy (non-hydrogen) atoms. The lowest BCUT2D eigenvalue weighted by Crippen LogP contribution is -2.35. The van der Waals surface area contributed by atoms with Crippen molar-refractivity contribution in [1.82, 2.24) is 14.9 Å². The molecule has 0 fully saturated rings. The average molecular weight is 429 g/mol. The largest absolute Gasteiger partial charge is 0.340 e. The van der Waals surface area contributed by atoms with E-state index in [2.05, 4.69) is 28.3 Å². The summed E-state index contributed by atoms with van der Waals surface area (Å²) in [5.41, 5.74) is 5.61. The predicted molar refractivity (Wildman–Crippen MR) is 130 cm³/mol. The van der Waals surface area contributed by atoms with Crippen molar-refractivity contribution in [3.05, 3.63) is 106 Å². The topological polar surface area (TPSA) is 61.0 Å². The third-order valence-corrected chi connectivity index (χ3v) is 5.52. The van der Waals surface area contributed by atoms with Crippen LogP contribution in [0.5, 0.6) is 0 Å². The first-order valence-corrected chi connectivity index (χ1v) is 10.5. The van der Waals surface area contributed by atoms with Gasteiger partial charge in [0, 0.05) is 41.1 Å². The lowest BCUT2D eigenvalue weighted by Gasteiger charge is -2.26. The van der Waals surface area contributed by atoms with Crippen LogP contribution in [-0.4, -0.2) is 20.0 Å². The number of pyridine rings is 2. The Hall–Kier alpha value is -3.51. The highest BCUT2D eigenvalue weighted by Gasteiger charge is 2.15. The Morgan fingerprint density at radius 3 is 2.61 bits per heavy atom. The van der Waals surface area contributed by atoms with Crippen LogP contribution in [0.25, 0.3) is 10.9 Å². The minimum Gasteiger partial charge on any atom is -0.340 e. The molecule has 0 atom stereocenters. The summed E-state index contributed by atoms with van der Waals surface area (Å²) in [5.74, 6) is 0. The van der Waals surface area contributed by atoms with E-state index in [9.17, 15) is 4.79 Å². The summed E-state index contributed by atoms with van der Waals surface area (Å²) < 4.78 is 0. The summed E-state index contributed by atoms with van der Waals surface area (Å²) in [5, 5.41) is 4.88. The van der Waals surface area contributed by atoms with Gasteiger partial charge >= 0.3 is 0 Å². The zero-order valence-corrected chi connectivity index (χ0v) is 18.4. The molecule has 0 aliphatic rings. The van der Waals surface area contributed by atoms with Crippen molar-refractivity contribution in [3.63, 3.8) is 0 Å². The summed E-state index contributed by atoms with van der Waals surface area (Å²) in [6, 6.07) is 19.8. The number of H-pyrrole nitrogens is 1. The van der Waals surface area contributed by atoms with Gasteiger partial charge in [0.1, 0.15) is 0 Å². The first-order chi connectivity index (χ1) is 15.0. The third-order valence-electron chi connectivity index (χ3n) is 5.16. The van der Waals surface area contributed by atoms with Crippen molar-refractivity contribution in [2.24, 2.45) is 0 Å². The molecule has 2 aromatic heterocycles. The van der Waals surface area contributed by atoms with Crippen molar-refractivity contribution in [2.45, 2.75) is 26.9 Å². The summed E-state index contributed by atoms with van der Waals surface area (Å²) in [4.78, 5) is 22.1. The Kier molecular flexibility index (Phi) is 6.09. The molecule has 4 aromatic rings. The van der Waals surface area contributed by atoms with Crippen LogP contribution >= 0.6 is 12.2 Å². The van der Waals surface area contributed by atoms with Crippen LogP contribution in [-0.2, 0) is 13.1 Å². The molecule has 0 spiro atoms.